The van der Waals surface area contributed by atoms with Crippen molar-refractivity contribution in [3.63, 3.8) is 0 Å². The minimum atomic E-state index is -3.19. The smallest absolute Gasteiger partial charge is 0.217 e. The highest BCUT2D eigenvalue weighted by Gasteiger charge is 2.34. The highest BCUT2D eigenvalue weighted by molar-refractivity contribution is 7.89. The van der Waals surface area contributed by atoms with Crippen LogP contribution in [0, 0.1) is 5.92 Å². The Labute approximate surface area is 91.6 Å². The van der Waals surface area contributed by atoms with Gasteiger partial charge in [0.2, 0.25) is 10.0 Å². The third-order valence-corrected chi connectivity index (χ3v) is 5.11. The second-order valence-electron chi connectivity index (χ2n) is 4.06. The maximum atomic E-state index is 11.9. The van der Waals surface area contributed by atoms with Gasteiger partial charge in [0.1, 0.15) is 0 Å². The van der Waals surface area contributed by atoms with Crippen LogP contribution in [0.25, 0.3) is 0 Å². The van der Waals surface area contributed by atoms with E-state index in [0.29, 0.717) is 25.6 Å². The maximum absolute atomic E-state index is 11.9. The summed E-state index contributed by atoms with van der Waals surface area (Å²) in [5.41, 5.74) is 5.39. The molecule has 0 aromatic rings. The van der Waals surface area contributed by atoms with E-state index in [1.807, 2.05) is 0 Å². The molecule has 2 atom stereocenters. The van der Waals surface area contributed by atoms with E-state index in [-0.39, 0.29) is 6.54 Å². The molecule has 0 bridgehead atoms. The van der Waals surface area contributed by atoms with Crippen LogP contribution in [0.3, 0.4) is 0 Å². The van der Waals surface area contributed by atoms with E-state index in [1.54, 1.807) is 14.0 Å². The van der Waals surface area contributed by atoms with Crippen LogP contribution in [0.1, 0.15) is 13.3 Å². The standard InChI is InChI=1S/C9H20N2O3S/c1-8(5-10)15(12,13)11-4-3-9(6-11)7-14-2/h8-9H,3-7,10H2,1-2H3. The summed E-state index contributed by atoms with van der Waals surface area (Å²) in [7, 11) is -1.55. The second-order valence-corrected chi connectivity index (χ2v) is 6.41. The van der Waals surface area contributed by atoms with Gasteiger partial charge in [-0.05, 0) is 19.3 Å². The van der Waals surface area contributed by atoms with E-state index in [4.69, 9.17) is 10.5 Å². The van der Waals surface area contributed by atoms with Crippen molar-refractivity contribution in [3.05, 3.63) is 0 Å². The molecular weight excluding hydrogens is 216 g/mol. The molecule has 0 saturated carbocycles. The molecular formula is C9H20N2O3S. The van der Waals surface area contributed by atoms with Crippen molar-refractivity contribution < 1.29 is 13.2 Å². The monoisotopic (exact) mass is 236 g/mol. The Morgan fingerprint density at radius 1 is 1.60 bits per heavy atom. The fourth-order valence-electron chi connectivity index (χ4n) is 1.78. The summed E-state index contributed by atoms with van der Waals surface area (Å²) in [5.74, 6) is 0.328. The number of rotatable bonds is 5. The van der Waals surface area contributed by atoms with Gasteiger partial charge in [0.15, 0.2) is 0 Å². The van der Waals surface area contributed by atoms with Crippen molar-refractivity contribution in [2.45, 2.75) is 18.6 Å². The second kappa shape index (κ2) is 5.25. The fraction of sp³-hybridized carbons (Fsp3) is 1.00. The molecule has 1 rings (SSSR count). The Morgan fingerprint density at radius 3 is 2.80 bits per heavy atom. The largest absolute Gasteiger partial charge is 0.384 e. The van der Waals surface area contributed by atoms with Gasteiger partial charge in [-0.25, -0.2) is 12.7 Å². The molecule has 15 heavy (non-hydrogen) atoms. The van der Waals surface area contributed by atoms with Gasteiger partial charge in [0, 0.05) is 26.7 Å². The van der Waals surface area contributed by atoms with E-state index in [1.165, 1.54) is 4.31 Å². The Balaban J connectivity index is 2.60. The number of nitrogens with two attached hydrogens (primary N) is 1. The van der Waals surface area contributed by atoms with Crippen LogP contribution < -0.4 is 5.73 Å². The topological polar surface area (TPSA) is 72.6 Å². The average molecular weight is 236 g/mol. The van der Waals surface area contributed by atoms with Gasteiger partial charge in [-0.15, -0.1) is 0 Å². The van der Waals surface area contributed by atoms with Gasteiger partial charge in [-0.2, -0.15) is 0 Å². The quantitative estimate of drug-likeness (QED) is 0.707. The molecule has 1 saturated heterocycles. The molecule has 1 aliphatic heterocycles. The van der Waals surface area contributed by atoms with Crippen molar-refractivity contribution in [1.82, 2.24) is 4.31 Å². The molecule has 0 aliphatic carbocycles. The lowest BCUT2D eigenvalue weighted by Gasteiger charge is -2.20. The molecule has 0 aromatic carbocycles. The van der Waals surface area contributed by atoms with E-state index in [2.05, 4.69) is 0 Å². The van der Waals surface area contributed by atoms with Gasteiger partial charge in [0.05, 0.1) is 11.9 Å². The summed E-state index contributed by atoms with van der Waals surface area (Å²) >= 11 is 0. The van der Waals surface area contributed by atoms with Gasteiger partial charge >= 0.3 is 0 Å². The highest BCUT2D eigenvalue weighted by Crippen LogP contribution is 2.21. The first kappa shape index (κ1) is 12.9. The van der Waals surface area contributed by atoms with Crippen LogP contribution in [0.2, 0.25) is 0 Å². The first-order chi connectivity index (χ1) is 7.02. The molecule has 0 amide bonds. The van der Waals surface area contributed by atoms with Crippen molar-refractivity contribution in [3.8, 4) is 0 Å². The van der Waals surface area contributed by atoms with E-state index in [0.717, 1.165) is 6.42 Å². The normalized spacial score (nSPS) is 25.7. The van der Waals surface area contributed by atoms with Crippen LogP contribution >= 0.6 is 0 Å². The Hall–Kier alpha value is -0.170. The zero-order chi connectivity index (χ0) is 11.5. The lowest BCUT2D eigenvalue weighted by Crippen LogP contribution is -2.39. The van der Waals surface area contributed by atoms with Crippen LogP contribution in [0.4, 0.5) is 0 Å². The Bertz CT molecular complexity index is 292. The molecule has 2 unspecified atom stereocenters. The molecule has 1 aliphatic rings. The lowest BCUT2D eigenvalue weighted by molar-refractivity contribution is 0.157. The molecule has 0 aromatic heterocycles. The van der Waals surface area contributed by atoms with E-state index >= 15 is 0 Å². The summed E-state index contributed by atoms with van der Waals surface area (Å²) in [4.78, 5) is 0. The number of hydrogen-bond acceptors (Lipinski definition) is 4. The molecule has 2 N–H and O–H groups in total. The van der Waals surface area contributed by atoms with Crippen molar-refractivity contribution >= 4 is 10.0 Å². The molecule has 0 spiro atoms. The Morgan fingerprint density at radius 2 is 2.27 bits per heavy atom. The fourth-order valence-corrected chi connectivity index (χ4v) is 3.31. The lowest BCUT2D eigenvalue weighted by atomic mass is 10.1. The van der Waals surface area contributed by atoms with Crippen LogP contribution in [-0.4, -0.2) is 51.3 Å². The minimum absolute atomic E-state index is 0.174. The zero-order valence-corrected chi connectivity index (χ0v) is 10.2. The predicted octanol–water partition coefficient (Wildman–Crippen LogP) is -0.368. The molecule has 1 fully saturated rings. The van der Waals surface area contributed by atoms with Gasteiger partial charge in [0.25, 0.3) is 0 Å². The summed E-state index contributed by atoms with van der Waals surface area (Å²) in [5, 5.41) is -0.487. The SMILES string of the molecule is COCC1CCN(S(=O)(=O)C(C)CN)C1. The summed E-state index contributed by atoms with van der Waals surface area (Å²) in [6.45, 7) is 3.62. The molecule has 0 radical (unpaired) electrons. The third-order valence-electron chi connectivity index (χ3n) is 2.85. The molecule has 6 heteroatoms. The van der Waals surface area contributed by atoms with Crippen LogP contribution in [0.15, 0.2) is 0 Å². The van der Waals surface area contributed by atoms with Crippen LogP contribution in [-0.2, 0) is 14.8 Å². The van der Waals surface area contributed by atoms with Gasteiger partial charge in [-0.3, -0.25) is 0 Å². The van der Waals surface area contributed by atoms with Crippen molar-refractivity contribution in [2.75, 3.05) is 33.4 Å². The molecule has 1 heterocycles. The molecule has 5 nitrogen and oxygen atoms in total. The summed E-state index contributed by atoms with van der Waals surface area (Å²) in [6, 6.07) is 0. The number of sulfonamides is 1. The summed E-state index contributed by atoms with van der Waals surface area (Å²) in [6.07, 6.45) is 0.879. The Kier molecular flexibility index (Phi) is 4.51. The molecule has 90 valence electrons. The zero-order valence-electron chi connectivity index (χ0n) is 9.35. The van der Waals surface area contributed by atoms with Gasteiger partial charge < -0.3 is 10.5 Å². The summed E-state index contributed by atoms with van der Waals surface area (Å²) < 4.78 is 30.4. The predicted molar refractivity (Wildman–Crippen MR) is 59.0 cm³/mol. The first-order valence-corrected chi connectivity index (χ1v) is 6.70. The maximum Gasteiger partial charge on any atom is 0.217 e. The van der Waals surface area contributed by atoms with Gasteiger partial charge in [-0.1, -0.05) is 0 Å². The van der Waals surface area contributed by atoms with E-state index in [9.17, 15) is 8.42 Å². The number of methoxy groups -OCH3 is 1. The van der Waals surface area contributed by atoms with Crippen LogP contribution in [0.5, 0.6) is 0 Å². The average Bonchev–Trinajstić information content (AvgIpc) is 2.66. The highest BCUT2D eigenvalue weighted by atomic mass is 32.2. The first-order valence-electron chi connectivity index (χ1n) is 5.20. The van der Waals surface area contributed by atoms with Crippen molar-refractivity contribution in [2.24, 2.45) is 11.7 Å². The van der Waals surface area contributed by atoms with Crippen molar-refractivity contribution in [1.29, 1.82) is 0 Å². The van der Waals surface area contributed by atoms with E-state index < -0.39 is 15.3 Å². The number of ether oxygens (including phenoxy) is 1. The third kappa shape index (κ3) is 2.90. The minimum Gasteiger partial charge on any atom is -0.384 e. The number of nitrogens with zero attached hydrogens (tertiary/aromatic N) is 1. The number of hydrogen-bond donors (Lipinski definition) is 1.